The van der Waals surface area contributed by atoms with Crippen LogP contribution in [-0.2, 0) is 0 Å². The van der Waals surface area contributed by atoms with Gasteiger partial charge in [-0.3, -0.25) is 4.79 Å². The van der Waals surface area contributed by atoms with E-state index in [2.05, 4.69) is 38.5 Å². The van der Waals surface area contributed by atoms with Gasteiger partial charge >= 0.3 is 6.03 Å². The molecule has 3 N–H and O–H groups in total. The number of anilines is 2. The van der Waals surface area contributed by atoms with E-state index < -0.39 is 0 Å². The molecule has 0 saturated heterocycles. The summed E-state index contributed by atoms with van der Waals surface area (Å²) in [4.78, 5) is 24.5. The Balaban J connectivity index is 1.58. The molecule has 6 heteroatoms. The molecule has 28 heavy (non-hydrogen) atoms. The van der Waals surface area contributed by atoms with Crippen LogP contribution < -0.4 is 16.0 Å². The monoisotopic (exact) mass is 485 g/mol. The van der Waals surface area contributed by atoms with Gasteiger partial charge < -0.3 is 16.0 Å². The quantitative estimate of drug-likeness (QED) is 0.422. The number of para-hydroxylation sites is 1. The fraction of sp³-hybridized carbons (Fsp3) is 0.0909. The molecule has 1 unspecified atom stereocenters. The summed E-state index contributed by atoms with van der Waals surface area (Å²) >= 11 is 2.15. The van der Waals surface area contributed by atoms with Gasteiger partial charge in [-0.15, -0.1) is 0 Å². The first-order chi connectivity index (χ1) is 13.5. The molecule has 3 aromatic rings. The van der Waals surface area contributed by atoms with Crippen LogP contribution in [0.2, 0.25) is 0 Å². The Kier molecular flexibility index (Phi) is 6.65. The number of rotatable bonds is 5. The van der Waals surface area contributed by atoms with E-state index >= 15 is 0 Å². The molecule has 0 bridgehead atoms. The maximum absolute atomic E-state index is 12.5. The molecule has 0 spiro atoms. The molecule has 142 valence electrons. The number of carbonyl (C=O) groups is 2. The molecule has 0 aromatic heterocycles. The van der Waals surface area contributed by atoms with Crippen LogP contribution in [0.25, 0.3) is 0 Å². The zero-order valence-corrected chi connectivity index (χ0v) is 17.4. The summed E-state index contributed by atoms with van der Waals surface area (Å²) in [7, 11) is 0. The second-order valence-corrected chi connectivity index (χ2v) is 7.40. The van der Waals surface area contributed by atoms with Crippen LogP contribution >= 0.6 is 22.6 Å². The van der Waals surface area contributed by atoms with E-state index in [1.807, 2.05) is 85.8 Å². The summed E-state index contributed by atoms with van der Waals surface area (Å²) in [5.41, 5.74) is 3.01. The number of urea groups is 1. The molecule has 0 heterocycles. The van der Waals surface area contributed by atoms with Gasteiger partial charge in [0.15, 0.2) is 0 Å². The number of carbonyl (C=O) groups excluding carboxylic acids is 2. The summed E-state index contributed by atoms with van der Waals surface area (Å²) in [6, 6.07) is 23.7. The Morgan fingerprint density at radius 1 is 0.786 bits per heavy atom. The summed E-state index contributed by atoms with van der Waals surface area (Å²) in [5, 5.41) is 8.56. The van der Waals surface area contributed by atoms with E-state index in [0.717, 1.165) is 14.8 Å². The van der Waals surface area contributed by atoms with Crippen LogP contribution in [0.15, 0.2) is 78.9 Å². The Hall–Kier alpha value is -2.87. The van der Waals surface area contributed by atoms with Gasteiger partial charge in [0.25, 0.3) is 5.91 Å². The van der Waals surface area contributed by atoms with Crippen molar-refractivity contribution in [1.29, 1.82) is 0 Å². The molecule has 0 aliphatic heterocycles. The number of nitrogens with one attached hydrogen (secondary N) is 3. The van der Waals surface area contributed by atoms with Crippen LogP contribution in [0.4, 0.5) is 16.2 Å². The van der Waals surface area contributed by atoms with Crippen LogP contribution in [-0.4, -0.2) is 11.9 Å². The minimum absolute atomic E-state index is 0.109. The van der Waals surface area contributed by atoms with E-state index in [0.29, 0.717) is 11.3 Å². The van der Waals surface area contributed by atoms with Crippen molar-refractivity contribution in [2.24, 2.45) is 0 Å². The predicted octanol–water partition coefficient (Wildman–Crippen LogP) is 5.43. The molecular weight excluding hydrogens is 465 g/mol. The van der Waals surface area contributed by atoms with Crippen LogP contribution in [0.3, 0.4) is 0 Å². The third kappa shape index (κ3) is 5.32. The molecule has 5 nitrogen and oxygen atoms in total. The molecule has 3 rings (SSSR count). The molecular formula is C22H20IN3O2. The van der Waals surface area contributed by atoms with Crippen molar-refractivity contribution in [3.8, 4) is 0 Å². The van der Waals surface area contributed by atoms with Gasteiger partial charge in [-0.25, -0.2) is 4.79 Å². The smallest absolute Gasteiger partial charge is 0.323 e. The third-order valence-electron chi connectivity index (χ3n) is 4.17. The molecule has 1 atom stereocenters. The summed E-state index contributed by atoms with van der Waals surface area (Å²) in [6.07, 6.45) is 0. The highest BCUT2D eigenvalue weighted by Gasteiger charge is 2.13. The Bertz CT molecular complexity index is 959. The SMILES string of the molecule is CC(NC(=O)c1ccccc1I)c1ccc(NC(=O)Nc2ccccc2)cc1. The second-order valence-electron chi connectivity index (χ2n) is 6.24. The maximum Gasteiger partial charge on any atom is 0.323 e. The topological polar surface area (TPSA) is 70.2 Å². The first kappa shape index (κ1) is 19.9. The van der Waals surface area contributed by atoms with Crippen molar-refractivity contribution in [2.45, 2.75) is 13.0 Å². The van der Waals surface area contributed by atoms with Gasteiger partial charge in [-0.2, -0.15) is 0 Å². The van der Waals surface area contributed by atoms with Crippen molar-refractivity contribution in [2.75, 3.05) is 10.6 Å². The van der Waals surface area contributed by atoms with Gasteiger partial charge in [0.1, 0.15) is 0 Å². The number of benzene rings is 3. The lowest BCUT2D eigenvalue weighted by Gasteiger charge is -2.16. The fourth-order valence-electron chi connectivity index (χ4n) is 2.67. The lowest BCUT2D eigenvalue weighted by atomic mass is 10.1. The molecule has 0 aliphatic carbocycles. The Labute approximate surface area is 177 Å². The van der Waals surface area contributed by atoms with Gasteiger partial charge in [0.05, 0.1) is 11.6 Å². The molecule has 3 amide bonds. The highest BCUT2D eigenvalue weighted by atomic mass is 127. The molecule has 3 aromatic carbocycles. The van der Waals surface area contributed by atoms with Crippen molar-refractivity contribution in [1.82, 2.24) is 5.32 Å². The standard InChI is InChI=1S/C22H20IN3O2/c1-15(24-21(27)19-9-5-6-10-20(19)23)16-11-13-18(14-12-16)26-22(28)25-17-7-3-2-4-8-17/h2-15H,1H3,(H,24,27)(H2,25,26,28). The van der Waals surface area contributed by atoms with Crippen LogP contribution in [0, 0.1) is 3.57 Å². The van der Waals surface area contributed by atoms with Crippen molar-refractivity contribution in [3.05, 3.63) is 93.6 Å². The zero-order valence-electron chi connectivity index (χ0n) is 15.3. The minimum Gasteiger partial charge on any atom is -0.345 e. The molecule has 0 saturated carbocycles. The van der Waals surface area contributed by atoms with Crippen LogP contribution in [0.5, 0.6) is 0 Å². The Morgan fingerprint density at radius 3 is 2.00 bits per heavy atom. The van der Waals surface area contributed by atoms with Gasteiger partial charge in [0, 0.05) is 14.9 Å². The predicted molar refractivity (Wildman–Crippen MR) is 121 cm³/mol. The van der Waals surface area contributed by atoms with Crippen LogP contribution in [0.1, 0.15) is 28.9 Å². The van der Waals surface area contributed by atoms with Gasteiger partial charge in [0.2, 0.25) is 0 Å². The van der Waals surface area contributed by atoms with Crippen molar-refractivity contribution in [3.63, 3.8) is 0 Å². The molecule has 0 radical (unpaired) electrons. The Morgan fingerprint density at radius 2 is 1.36 bits per heavy atom. The number of hydrogen-bond acceptors (Lipinski definition) is 2. The number of hydrogen-bond donors (Lipinski definition) is 3. The molecule has 0 fully saturated rings. The van der Waals surface area contributed by atoms with E-state index in [1.54, 1.807) is 0 Å². The van der Waals surface area contributed by atoms with E-state index in [9.17, 15) is 9.59 Å². The van der Waals surface area contributed by atoms with Gasteiger partial charge in [-0.05, 0) is 71.5 Å². The third-order valence-corrected chi connectivity index (χ3v) is 5.11. The average molecular weight is 485 g/mol. The number of amides is 3. The first-order valence-electron chi connectivity index (χ1n) is 8.81. The summed E-state index contributed by atoms with van der Waals surface area (Å²) in [5.74, 6) is -0.109. The summed E-state index contributed by atoms with van der Waals surface area (Å²) in [6.45, 7) is 1.93. The maximum atomic E-state index is 12.5. The van der Waals surface area contributed by atoms with Gasteiger partial charge in [-0.1, -0.05) is 42.5 Å². The van der Waals surface area contributed by atoms with E-state index in [4.69, 9.17) is 0 Å². The normalized spacial score (nSPS) is 11.4. The minimum atomic E-state index is -0.307. The zero-order chi connectivity index (χ0) is 19.9. The van der Waals surface area contributed by atoms with E-state index in [-0.39, 0.29) is 18.0 Å². The van der Waals surface area contributed by atoms with E-state index in [1.165, 1.54) is 0 Å². The lowest BCUT2D eigenvalue weighted by molar-refractivity contribution is 0.0939. The lowest BCUT2D eigenvalue weighted by Crippen LogP contribution is -2.27. The largest absolute Gasteiger partial charge is 0.345 e. The fourth-order valence-corrected chi connectivity index (χ4v) is 3.31. The highest BCUT2D eigenvalue weighted by molar-refractivity contribution is 14.1. The molecule has 0 aliphatic rings. The highest BCUT2D eigenvalue weighted by Crippen LogP contribution is 2.18. The number of halogens is 1. The summed E-state index contributed by atoms with van der Waals surface area (Å²) < 4.78 is 0.911. The first-order valence-corrected chi connectivity index (χ1v) is 9.89. The second kappa shape index (κ2) is 9.36. The average Bonchev–Trinajstić information content (AvgIpc) is 2.69. The van der Waals surface area contributed by atoms with Crippen molar-refractivity contribution >= 4 is 45.9 Å². The van der Waals surface area contributed by atoms with Crippen molar-refractivity contribution < 1.29 is 9.59 Å².